The Bertz CT molecular complexity index is 1490. The Hall–Kier alpha value is -3.91. The summed E-state index contributed by atoms with van der Waals surface area (Å²) in [5.74, 6) is -1.83. The number of aromatic nitrogens is 1. The predicted molar refractivity (Wildman–Crippen MR) is 135 cm³/mol. The van der Waals surface area contributed by atoms with Crippen LogP contribution in [0.5, 0.6) is 0 Å². The van der Waals surface area contributed by atoms with Gasteiger partial charge in [0.2, 0.25) is 5.91 Å². The summed E-state index contributed by atoms with van der Waals surface area (Å²) >= 11 is 0. The van der Waals surface area contributed by atoms with E-state index >= 15 is 0 Å². The minimum Gasteiger partial charge on any atom is -0.462 e. The lowest BCUT2D eigenvalue weighted by atomic mass is 10.1. The Morgan fingerprint density at radius 3 is 2.34 bits per heavy atom. The molecule has 7 nitrogen and oxygen atoms in total. The summed E-state index contributed by atoms with van der Waals surface area (Å²) in [6.45, 7) is 4.51. The molecule has 0 unspecified atom stereocenters. The number of para-hydroxylation sites is 1. The molecule has 0 bridgehead atoms. The van der Waals surface area contributed by atoms with Gasteiger partial charge in [0.25, 0.3) is 0 Å². The molecule has 1 heterocycles. The Morgan fingerprint density at radius 2 is 1.63 bits per heavy atom. The Labute approximate surface area is 204 Å². The van der Waals surface area contributed by atoms with E-state index in [9.17, 15) is 18.0 Å². The van der Waals surface area contributed by atoms with E-state index in [0.717, 1.165) is 16.6 Å². The Balaban J connectivity index is 1.55. The van der Waals surface area contributed by atoms with Crippen molar-refractivity contribution in [2.45, 2.75) is 25.3 Å². The van der Waals surface area contributed by atoms with Crippen LogP contribution in [0.4, 0.5) is 5.69 Å². The van der Waals surface area contributed by atoms with Gasteiger partial charge in [-0.15, -0.1) is 0 Å². The van der Waals surface area contributed by atoms with E-state index in [0.29, 0.717) is 23.2 Å². The summed E-state index contributed by atoms with van der Waals surface area (Å²) in [6, 6.07) is 21.3. The summed E-state index contributed by atoms with van der Waals surface area (Å²) in [5.41, 5.74) is 3.72. The summed E-state index contributed by atoms with van der Waals surface area (Å²) < 4.78 is 33.4. The van der Waals surface area contributed by atoms with Gasteiger partial charge in [0, 0.05) is 29.3 Å². The number of hydrogen-bond acceptors (Lipinski definition) is 5. The molecule has 0 spiro atoms. The van der Waals surface area contributed by atoms with Crippen molar-refractivity contribution < 1.29 is 22.7 Å². The third-order valence-electron chi connectivity index (χ3n) is 5.69. The molecule has 8 heteroatoms. The number of hydrogen-bond donors (Lipinski definition) is 1. The maximum atomic E-state index is 13.3. The molecule has 4 rings (SSSR count). The molecule has 0 aliphatic rings. The zero-order valence-corrected chi connectivity index (χ0v) is 20.3. The number of benzene rings is 3. The number of sulfone groups is 1. The van der Waals surface area contributed by atoms with Gasteiger partial charge in [-0.05, 0) is 55.3 Å². The number of rotatable bonds is 8. The molecule has 0 saturated carbocycles. The fourth-order valence-corrected chi connectivity index (χ4v) is 5.28. The van der Waals surface area contributed by atoms with Gasteiger partial charge < -0.3 is 14.6 Å². The number of aryl methyl sites for hydroxylation is 1. The topological polar surface area (TPSA) is 94.5 Å². The molecule has 0 radical (unpaired) electrons. The smallest absolute Gasteiger partial charge is 0.338 e. The molecule has 3 aromatic carbocycles. The van der Waals surface area contributed by atoms with Gasteiger partial charge in [-0.1, -0.05) is 42.5 Å². The summed E-state index contributed by atoms with van der Waals surface area (Å²) in [5, 5.41) is 3.17. The van der Waals surface area contributed by atoms with Crippen molar-refractivity contribution in [1.82, 2.24) is 4.57 Å². The van der Waals surface area contributed by atoms with Gasteiger partial charge >= 0.3 is 5.97 Å². The number of esters is 1. The average Bonchev–Trinajstić information content (AvgIpc) is 3.20. The van der Waals surface area contributed by atoms with Crippen LogP contribution in [0.3, 0.4) is 0 Å². The molecule has 1 amide bonds. The molecule has 1 aromatic heterocycles. The fourth-order valence-electron chi connectivity index (χ4n) is 3.91. The summed E-state index contributed by atoms with van der Waals surface area (Å²) in [7, 11) is -3.92. The van der Waals surface area contributed by atoms with Crippen molar-refractivity contribution in [3.05, 3.63) is 95.7 Å². The van der Waals surface area contributed by atoms with E-state index < -0.39 is 27.5 Å². The molecule has 4 aromatic rings. The average molecular weight is 491 g/mol. The lowest BCUT2D eigenvalue weighted by molar-refractivity contribution is -0.113. The van der Waals surface area contributed by atoms with Gasteiger partial charge in [0.1, 0.15) is 5.75 Å². The van der Waals surface area contributed by atoms with Crippen LogP contribution in [0.25, 0.3) is 10.9 Å². The normalized spacial score (nSPS) is 11.4. The third-order valence-corrected chi connectivity index (χ3v) is 7.33. The highest BCUT2D eigenvalue weighted by molar-refractivity contribution is 7.92. The SMILES string of the molecule is CCOC(=O)c1ccc(NC(=O)CS(=O)(=O)c2cn(Cc3ccccc3C)c3ccccc23)cc1. The quantitative estimate of drug-likeness (QED) is 0.365. The maximum absolute atomic E-state index is 13.3. The van der Waals surface area contributed by atoms with Crippen LogP contribution in [0.2, 0.25) is 0 Å². The van der Waals surface area contributed by atoms with E-state index in [1.165, 1.54) is 24.3 Å². The van der Waals surface area contributed by atoms with Crippen LogP contribution in [-0.4, -0.2) is 37.2 Å². The first kappa shape index (κ1) is 24.2. The molecule has 0 saturated heterocycles. The second-order valence-electron chi connectivity index (χ2n) is 8.17. The van der Waals surface area contributed by atoms with E-state index in [1.807, 2.05) is 47.9 Å². The van der Waals surface area contributed by atoms with Crippen molar-refractivity contribution in [2.24, 2.45) is 0 Å². The van der Waals surface area contributed by atoms with Crippen LogP contribution >= 0.6 is 0 Å². The lowest BCUT2D eigenvalue weighted by Crippen LogP contribution is -2.23. The minimum absolute atomic E-state index is 0.120. The second-order valence-corrected chi connectivity index (χ2v) is 10.1. The van der Waals surface area contributed by atoms with Crippen molar-refractivity contribution in [2.75, 3.05) is 17.7 Å². The van der Waals surface area contributed by atoms with E-state index in [-0.39, 0.29) is 11.5 Å². The monoisotopic (exact) mass is 490 g/mol. The first-order valence-electron chi connectivity index (χ1n) is 11.2. The molecule has 0 aliphatic carbocycles. The van der Waals surface area contributed by atoms with Crippen LogP contribution in [-0.2, 0) is 25.9 Å². The maximum Gasteiger partial charge on any atom is 0.338 e. The first-order valence-corrected chi connectivity index (χ1v) is 12.9. The standard InChI is InChI=1S/C27H26N2O5S/c1-3-34-27(31)20-12-14-22(15-13-20)28-26(30)18-35(32,33)25-17-29(24-11-7-6-10-23(24)25)16-21-9-5-4-8-19(21)2/h4-15,17H,3,16,18H2,1-2H3,(H,28,30). The van der Waals surface area contributed by atoms with Crippen LogP contribution in [0.1, 0.15) is 28.4 Å². The van der Waals surface area contributed by atoms with Crippen LogP contribution in [0.15, 0.2) is 83.9 Å². The van der Waals surface area contributed by atoms with Crippen LogP contribution < -0.4 is 5.32 Å². The number of anilines is 1. The van der Waals surface area contributed by atoms with Gasteiger partial charge in [0.05, 0.1) is 17.1 Å². The molecule has 0 aliphatic heterocycles. The molecule has 1 N–H and O–H groups in total. The molecule has 180 valence electrons. The fraction of sp³-hybridized carbons (Fsp3) is 0.185. The van der Waals surface area contributed by atoms with Crippen molar-refractivity contribution in [3.63, 3.8) is 0 Å². The number of carbonyl (C=O) groups excluding carboxylic acids is 2. The molecule has 0 atom stereocenters. The largest absolute Gasteiger partial charge is 0.462 e. The van der Waals surface area contributed by atoms with Gasteiger partial charge in [-0.3, -0.25) is 4.79 Å². The Morgan fingerprint density at radius 1 is 0.943 bits per heavy atom. The van der Waals surface area contributed by atoms with Gasteiger partial charge in [-0.2, -0.15) is 0 Å². The second kappa shape index (κ2) is 10.1. The van der Waals surface area contributed by atoms with E-state index in [2.05, 4.69) is 5.32 Å². The van der Waals surface area contributed by atoms with Crippen LogP contribution in [0, 0.1) is 6.92 Å². The summed E-state index contributed by atoms with van der Waals surface area (Å²) in [4.78, 5) is 24.5. The number of amides is 1. The van der Waals surface area contributed by atoms with Gasteiger partial charge in [0.15, 0.2) is 9.84 Å². The van der Waals surface area contributed by atoms with Gasteiger partial charge in [-0.25, -0.2) is 13.2 Å². The summed E-state index contributed by atoms with van der Waals surface area (Å²) in [6.07, 6.45) is 1.61. The zero-order valence-electron chi connectivity index (χ0n) is 19.5. The molecular weight excluding hydrogens is 464 g/mol. The van der Waals surface area contributed by atoms with Crippen molar-refractivity contribution in [3.8, 4) is 0 Å². The van der Waals surface area contributed by atoms with Crippen molar-refractivity contribution >= 4 is 38.3 Å². The zero-order chi connectivity index (χ0) is 25.0. The highest BCUT2D eigenvalue weighted by Gasteiger charge is 2.24. The van der Waals surface area contributed by atoms with E-state index in [1.54, 1.807) is 25.3 Å². The lowest BCUT2D eigenvalue weighted by Gasteiger charge is -2.08. The molecule has 0 fully saturated rings. The number of nitrogens with zero attached hydrogens (tertiary/aromatic N) is 1. The first-order chi connectivity index (χ1) is 16.8. The molecular formula is C27H26N2O5S. The third kappa shape index (κ3) is 5.44. The number of carbonyl (C=O) groups is 2. The minimum atomic E-state index is -3.92. The predicted octanol–water partition coefficient (Wildman–Crippen LogP) is 4.59. The number of nitrogens with one attached hydrogen (secondary N) is 1. The highest BCUT2D eigenvalue weighted by atomic mass is 32.2. The van der Waals surface area contributed by atoms with Crippen molar-refractivity contribution in [1.29, 1.82) is 0 Å². The Kier molecular flexibility index (Phi) is 7.02. The highest BCUT2D eigenvalue weighted by Crippen LogP contribution is 2.27. The number of ether oxygens (including phenoxy) is 1. The number of fused-ring (bicyclic) bond motifs is 1. The molecule has 35 heavy (non-hydrogen) atoms. The van der Waals surface area contributed by atoms with E-state index in [4.69, 9.17) is 4.74 Å².